The summed E-state index contributed by atoms with van der Waals surface area (Å²) in [5.41, 5.74) is 4.10. The molecule has 1 aromatic carbocycles. The maximum atomic E-state index is 3.46. The molecule has 0 radical (unpaired) electrons. The van der Waals surface area contributed by atoms with Gasteiger partial charge in [-0.15, -0.1) is 0 Å². The first-order valence-electron chi connectivity index (χ1n) is 7.05. The summed E-state index contributed by atoms with van der Waals surface area (Å²) in [6.45, 7) is 15.3. The Balaban J connectivity index is 2.85. The molecule has 0 amide bonds. The molecule has 1 N–H and O–H groups in total. The molecule has 0 aromatic heterocycles. The summed E-state index contributed by atoms with van der Waals surface area (Å²) in [6, 6.07) is 7.88. The molecular weight excluding hydrogens is 220 g/mol. The smallest absolute Gasteiger partial charge is 0.0398 e. The Bertz CT molecular complexity index is 369. The highest BCUT2D eigenvalue weighted by Gasteiger charge is 2.11. The van der Waals surface area contributed by atoms with Crippen molar-refractivity contribution >= 4 is 5.69 Å². The van der Waals surface area contributed by atoms with Gasteiger partial charge in [0.05, 0.1) is 0 Å². The quantitative estimate of drug-likeness (QED) is 0.825. The second kappa shape index (κ2) is 6.79. The monoisotopic (exact) mass is 248 g/mol. The van der Waals surface area contributed by atoms with E-state index in [-0.39, 0.29) is 0 Å². The Kier molecular flexibility index (Phi) is 5.67. The normalized spacial score (nSPS) is 11.3. The lowest BCUT2D eigenvalue weighted by molar-refractivity contribution is 0.588. The van der Waals surface area contributed by atoms with Crippen molar-refractivity contribution in [3.63, 3.8) is 0 Å². The maximum absolute atomic E-state index is 3.46. The first kappa shape index (κ1) is 15.0. The largest absolute Gasteiger partial charge is 0.369 e. The molecule has 0 aliphatic carbocycles. The molecule has 0 unspecified atom stereocenters. The van der Waals surface area contributed by atoms with Crippen LogP contribution in [0.4, 0.5) is 5.69 Å². The predicted octanol–water partition coefficient (Wildman–Crippen LogP) is 3.73. The van der Waals surface area contributed by atoms with E-state index in [9.17, 15) is 0 Å². The van der Waals surface area contributed by atoms with E-state index in [1.165, 1.54) is 16.8 Å². The molecule has 1 rings (SSSR count). The fourth-order valence-corrected chi connectivity index (χ4v) is 2.29. The summed E-state index contributed by atoms with van der Waals surface area (Å²) in [6.07, 6.45) is 0. The minimum Gasteiger partial charge on any atom is -0.369 e. The summed E-state index contributed by atoms with van der Waals surface area (Å²) in [7, 11) is 0. The van der Waals surface area contributed by atoms with Gasteiger partial charge in [0, 0.05) is 30.9 Å². The van der Waals surface area contributed by atoms with E-state index in [1.807, 2.05) is 0 Å². The fourth-order valence-electron chi connectivity index (χ4n) is 2.29. The minimum absolute atomic E-state index is 0.535. The molecule has 18 heavy (non-hydrogen) atoms. The van der Waals surface area contributed by atoms with E-state index >= 15 is 0 Å². The van der Waals surface area contributed by atoms with Crippen molar-refractivity contribution in [1.29, 1.82) is 0 Å². The molecule has 1 aromatic rings. The number of hydrogen-bond donors (Lipinski definition) is 1. The standard InChI is InChI=1S/C16H28N2/c1-7-18(13(4)5)16-9-8-15(10-14(16)6)11-17-12(2)3/h8-10,12-13,17H,7,11H2,1-6H3. The van der Waals surface area contributed by atoms with Crippen LogP contribution in [0.25, 0.3) is 0 Å². The Morgan fingerprint density at radius 1 is 1.17 bits per heavy atom. The van der Waals surface area contributed by atoms with Gasteiger partial charge in [0.15, 0.2) is 0 Å². The lowest BCUT2D eigenvalue weighted by atomic mass is 10.1. The van der Waals surface area contributed by atoms with Gasteiger partial charge < -0.3 is 10.2 Å². The molecule has 2 heteroatoms. The average Bonchev–Trinajstić information content (AvgIpc) is 2.29. The zero-order valence-corrected chi connectivity index (χ0v) is 12.7. The Morgan fingerprint density at radius 2 is 1.83 bits per heavy atom. The van der Waals surface area contributed by atoms with Crippen molar-refractivity contribution in [2.24, 2.45) is 0 Å². The van der Waals surface area contributed by atoms with E-state index in [1.54, 1.807) is 0 Å². The van der Waals surface area contributed by atoms with E-state index in [2.05, 4.69) is 70.0 Å². The predicted molar refractivity (Wildman–Crippen MR) is 81.3 cm³/mol. The number of nitrogens with one attached hydrogen (secondary N) is 1. The summed E-state index contributed by atoms with van der Waals surface area (Å²) in [5.74, 6) is 0. The number of aryl methyl sites for hydroxylation is 1. The number of nitrogens with zero attached hydrogens (tertiary/aromatic N) is 1. The Labute approximate surface area is 112 Å². The topological polar surface area (TPSA) is 15.3 Å². The van der Waals surface area contributed by atoms with Gasteiger partial charge in [-0.2, -0.15) is 0 Å². The van der Waals surface area contributed by atoms with Gasteiger partial charge in [0.1, 0.15) is 0 Å². The fraction of sp³-hybridized carbons (Fsp3) is 0.625. The third-order valence-corrected chi connectivity index (χ3v) is 3.25. The highest BCUT2D eigenvalue weighted by Crippen LogP contribution is 2.23. The van der Waals surface area contributed by atoms with Crippen LogP contribution in [0.1, 0.15) is 45.7 Å². The highest BCUT2D eigenvalue weighted by atomic mass is 15.1. The second-order valence-electron chi connectivity index (χ2n) is 5.54. The van der Waals surface area contributed by atoms with Crippen LogP contribution in [0.5, 0.6) is 0 Å². The number of benzene rings is 1. The molecule has 102 valence electrons. The molecule has 0 aliphatic rings. The molecular formula is C16H28N2. The first-order chi connectivity index (χ1) is 8.45. The van der Waals surface area contributed by atoms with Crippen molar-refractivity contribution < 1.29 is 0 Å². The SMILES string of the molecule is CCN(c1ccc(CNC(C)C)cc1C)C(C)C. The summed E-state index contributed by atoms with van der Waals surface area (Å²) in [4.78, 5) is 2.44. The van der Waals surface area contributed by atoms with Crippen molar-refractivity contribution in [2.45, 2.75) is 60.2 Å². The molecule has 0 saturated carbocycles. The Hall–Kier alpha value is -1.02. The zero-order chi connectivity index (χ0) is 13.7. The van der Waals surface area contributed by atoms with Crippen LogP contribution < -0.4 is 10.2 Å². The lowest BCUT2D eigenvalue weighted by Gasteiger charge is -2.29. The number of anilines is 1. The third-order valence-electron chi connectivity index (χ3n) is 3.25. The second-order valence-corrected chi connectivity index (χ2v) is 5.54. The van der Waals surface area contributed by atoms with Crippen molar-refractivity contribution in [2.75, 3.05) is 11.4 Å². The molecule has 0 heterocycles. The number of rotatable bonds is 6. The van der Waals surface area contributed by atoms with Crippen LogP contribution in [-0.4, -0.2) is 18.6 Å². The highest BCUT2D eigenvalue weighted by molar-refractivity contribution is 5.55. The van der Waals surface area contributed by atoms with Gasteiger partial charge in [-0.05, 0) is 44.9 Å². The summed E-state index contributed by atoms with van der Waals surface area (Å²) >= 11 is 0. The van der Waals surface area contributed by atoms with Crippen LogP contribution in [0, 0.1) is 6.92 Å². The van der Waals surface area contributed by atoms with Crippen LogP contribution in [-0.2, 0) is 6.54 Å². The lowest BCUT2D eigenvalue weighted by Crippen LogP contribution is -2.31. The van der Waals surface area contributed by atoms with E-state index in [0.717, 1.165) is 13.1 Å². The van der Waals surface area contributed by atoms with Crippen LogP contribution in [0.15, 0.2) is 18.2 Å². The van der Waals surface area contributed by atoms with Crippen LogP contribution >= 0.6 is 0 Å². The van der Waals surface area contributed by atoms with E-state index in [0.29, 0.717) is 12.1 Å². The first-order valence-corrected chi connectivity index (χ1v) is 7.05. The molecule has 0 bridgehead atoms. The molecule has 2 nitrogen and oxygen atoms in total. The van der Waals surface area contributed by atoms with Crippen molar-refractivity contribution in [1.82, 2.24) is 5.32 Å². The molecule has 0 fully saturated rings. The number of hydrogen-bond acceptors (Lipinski definition) is 2. The van der Waals surface area contributed by atoms with Gasteiger partial charge in [-0.1, -0.05) is 26.0 Å². The van der Waals surface area contributed by atoms with Gasteiger partial charge in [-0.25, -0.2) is 0 Å². The van der Waals surface area contributed by atoms with Gasteiger partial charge in [-0.3, -0.25) is 0 Å². The zero-order valence-electron chi connectivity index (χ0n) is 12.7. The van der Waals surface area contributed by atoms with Gasteiger partial charge >= 0.3 is 0 Å². The van der Waals surface area contributed by atoms with Crippen molar-refractivity contribution in [3.05, 3.63) is 29.3 Å². The summed E-state index contributed by atoms with van der Waals surface area (Å²) in [5, 5.41) is 3.46. The maximum Gasteiger partial charge on any atom is 0.0398 e. The van der Waals surface area contributed by atoms with E-state index < -0.39 is 0 Å². The molecule has 0 saturated heterocycles. The molecule has 0 aliphatic heterocycles. The van der Waals surface area contributed by atoms with Gasteiger partial charge in [0.2, 0.25) is 0 Å². The Morgan fingerprint density at radius 3 is 2.28 bits per heavy atom. The minimum atomic E-state index is 0.535. The third kappa shape index (κ3) is 4.02. The van der Waals surface area contributed by atoms with Crippen LogP contribution in [0.2, 0.25) is 0 Å². The average molecular weight is 248 g/mol. The van der Waals surface area contributed by atoms with E-state index in [4.69, 9.17) is 0 Å². The summed E-state index contributed by atoms with van der Waals surface area (Å²) < 4.78 is 0. The van der Waals surface area contributed by atoms with Crippen LogP contribution in [0.3, 0.4) is 0 Å². The molecule has 0 atom stereocenters. The van der Waals surface area contributed by atoms with Gasteiger partial charge in [0.25, 0.3) is 0 Å². The molecule has 0 spiro atoms. The van der Waals surface area contributed by atoms with Crippen molar-refractivity contribution in [3.8, 4) is 0 Å².